The Hall–Kier alpha value is -3.29. The zero-order valence-corrected chi connectivity index (χ0v) is 12.1. The van der Waals surface area contributed by atoms with Gasteiger partial charge in [0.05, 0.1) is 6.20 Å². The van der Waals surface area contributed by atoms with Gasteiger partial charge < -0.3 is 10.1 Å². The van der Waals surface area contributed by atoms with Gasteiger partial charge in [0, 0.05) is 18.9 Å². The first kappa shape index (κ1) is 16.1. The average Bonchev–Trinajstić information content (AvgIpc) is 2.59. The molecule has 2 rings (SSSR count). The Morgan fingerprint density at radius 1 is 1.09 bits per heavy atom. The van der Waals surface area contributed by atoms with E-state index >= 15 is 0 Å². The largest absolute Gasteiger partial charge is 0.451 e. The van der Waals surface area contributed by atoms with E-state index in [9.17, 15) is 14.4 Å². The molecular weight excluding hydrogens is 300 g/mol. The van der Waals surface area contributed by atoms with Crippen LogP contribution in [0.25, 0.3) is 0 Å². The number of urea groups is 1. The van der Waals surface area contributed by atoms with Crippen molar-refractivity contribution in [2.45, 2.75) is 6.54 Å². The van der Waals surface area contributed by atoms with Crippen molar-refractivity contribution in [1.29, 1.82) is 0 Å². The number of esters is 1. The Bertz CT molecular complexity index is 676. The van der Waals surface area contributed by atoms with Crippen molar-refractivity contribution in [1.82, 2.24) is 20.6 Å². The van der Waals surface area contributed by atoms with Gasteiger partial charge in [-0.05, 0) is 5.56 Å². The number of ether oxygens (including phenoxy) is 1. The van der Waals surface area contributed by atoms with Gasteiger partial charge in [-0.1, -0.05) is 30.3 Å². The number of nitrogens with zero attached hydrogens (tertiary/aromatic N) is 2. The maximum absolute atomic E-state index is 11.5. The van der Waals surface area contributed by atoms with E-state index in [1.54, 1.807) is 0 Å². The van der Waals surface area contributed by atoms with Gasteiger partial charge in [0.1, 0.15) is 0 Å². The van der Waals surface area contributed by atoms with Crippen LogP contribution in [-0.2, 0) is 16.1 Å². The lowest BCUT2D eigenvalue weighted by Crippen LogP contribution is -2.41. The molecule has 1 heterocycles. The molecule has 0 radical (unpaired) electrons. The Kier molecular flexibility index (Phi) is 5.75. The van der Waals surface area contributed by atoms with Crippen LogP contribution in [0.15, 0.2) is 48.9 Å². The summed E-state index contributed by atoms with van der Waals surface area (Å²) in [5, 5.41) is 4.57. The molecule has 0 fully saturated rings. The van der Waals surface area contributed by atoms with E-state index in [1.807, 2.05) is 30.3 Å². The first-order valence-corrected chi connectivity index (χ1v) is 6.70. The summed E-state index contributed by atoms with van der Waals surface area (Å²) in [6, 6.07) is 8.54. The van der Waals surface area contributed by atoms with Crippen molar-refractivity contribution < 1.29 is 19.1 Å². The van der Waals surface area contributed by atoms with E-state index in [0.717, 1.165) is 5.56 Å². The standard InChI is InChI=1S/C15H14N4O4/c20-13(10-23-14(21)12-9-16-6-7-17-12)19-15(22)18-8-11-4-2-1-3-5-11/h1-7,9H,8,10H2,(H2,18,19,20,22). The lowest BCUT2D eigenvalue weighted by atomic mass is 10.2. The predicted octanol–water partition coefficient (Wildman–Crippen LogP) is 0.659. The molecule has 3 amide bonds. The molecule has 0 saturated heterocycles. The average molecular weight is 314 g/mol. The minimum atomic E-state index is -0.794. The monoisotopic (exact) mass is 314 g/mol. The van der Waals surface area contributed by atoms with E-state index < -0.39 is 24.5 Å². The third-order valence-electron chi connectivity index (χ3n) is 2.66. The van der Waals surface area contributed by atoms with Gasteiger partial charge in [0.25, 0.3) is 5.91 Å². The van der Waals surface area contributed by atoms with Crippen molar-refractivity contribution in [2.24, 2.45) is 0 Å². The SMILES string of the molecule is O=C(COC(=O)c1cnccn1)NC(=O)NCc1ccccc1. The van der Waals surface area contributed by atoms with E-state index in [2.05, 4.69) is 20.6 Å². The fourth-order valence-electron chi connectivity index (χ4n) is 1.59. The normalized spacial score (nSPS) is 9.74. The second-order valence-electron chi connectivity index (χ2n) is 4.38. The molecule has 0 aliphatic rings. The van der Waals surface area contributed by atoms with Crippen LogP contribution in [0.4, 0.5) is 4.79 Å². The molecule has 0 spiro atoms. The van der Waals surface area contributed by atoms with Gasteiger partial charge in [-0.15, -0.1) is 0 Å². The number of carbonyl (C=O) groups is 3. The van der Waals surface area contributed by atoms with Crippen LogP contribution in [-0.4, -0.2) is 34.5 Å². The summed E-state index contributed by atoms with van der Waals surface area (Å²) in [5.74, 6) is -1.54. The van der Waals surface area contributed by atoms with Gasteiger partial charge >= 0.3 is 12.0 Å². The molecule has 118 valence electrons. The second kappa shape index (κ2) is 8.23. The predicted molar refractivity (Wildman–Crippen MR) is 79.1 cm³/mol. The lowest BCUT2D eigenvalue weighted by molar-refractivity contribution is -0.123. The molecule has 23 heavy (non-hydrogen) atoms. The van der Waals surface area contributed by atoms with Crippen LogP contribution in [0.2, 0.25) is 0 Å². The van der Waals surface area contributed by atoms with Gasteiger partial charge in [-0.2, -0.15) is 0 Å². The zero-order valence-electron chi connectivity index (χ0n) is 12.1. The molecule has 1 aromatic heterocycles. The van der Waals surface area contributed by atoms with E-state index in [-0.39, 0.29) is 12.2 Å². The molecule has 0 aliphatic carbocycles. The molecule has 0 aliphatic heterocycles. The highest BCUT2D eigenvalue weighted by atomic mass is 16.5. The second-order valence-corrected chi connectivity index (χ2v) is 4.38. The number of benzene rings is 1. The number of nitrogens with one attached hydrogen (secondary N) is 2. The van der Waals surface area contributed by atoms with Gasteiger partial charge in [-0.25, -0.2) is 14.6 Å². The minimum absolute atomic E-state index is 0.0196. The molecule has 8 heteroatoms. The molecule has 2 N–H and O–H groups in total. The van der Waals surface area contributed by atoms with Gasteiger partial charge in [-0.3, -0.25) is 15.1 Å². The van der Waals surface area contributed by atoms with Crippen LogP contribution in [0.3, 0.4) is 0 Å². The summed E-state index contributed by atoms with van der Waals surface area (Å²) in [7, 11) is 0. The number of amides is 3. The Morgan fingerprint density at radius 3 is 2.57 bits per heavy atom. The fraction of sp³-hybridized carbons (Fsp3) is 0.133. The summed E-state index contributed by atoms with van der Waals surface area (Å²) in [5.41, 5.74) is 0.873. The summed E-state index contributed by atoms with van der Waals surface area (Å²) in [4.78, 5) is 42.0. The number of imide groups is 1. The molecule has 0 unspecified atom stereocenters. The number of rotatable bonds is 5. The molecule has 8 nitrogen and oxygen atoms in total. The molecule has 0 bridgehead atoms. The van der Waals surface area contributed by atoms with E-state index in [1.165, 1.54) is 18.6 Å². The first-order chi connectivity index (χ1) is 11.1. The third kappa shape index (κ3) is 5.54. The summed E-state index contributed by atoms with van der Waals surface area (Å²) in [6.45, 7) is -0.312. The third-order valence-corrected chi connectivity index (χ3v) is 2.66. The van der Waals surface area contributed by atoms with Crippen LogP contribution < -0.4 is 10.6 Å². The van der Waals surface area contributed by atoms with Gasteiger partial charge in [0.2, 0.25) is 0 Å². The van der Waals surface area contributed by atoms with Crippen LogP contribution in [0.5, 0.6) is 0 Å². The Morgan fingerprint density at radius 2 is 1.87 bits per heavy atom. The fourth-order valence-corrected chi connectivity index (χ4v) is 1.59. The van der Waals surface area contributed by atoms with E-state index in [0.29, 0.717) is 0 Å². The number of hydrogen-bond donors (Lipinski definition) is 2. The zero-order chi connectivity index (χ0) is 16.5. The maximum atomic E-state index is 11.5. The summed E-state index contributed by atoms with van der Waals surface area (Å²) < 4.78 is 4.72. The highest BCUT2D eigenvalue weighted by Gasteiger charge is 2.13. The number of carbonyl (C=O) groups excluding carboxylic acids is 3. The Balaban J connectivity index is 1.70. The first-order valence-electron chi connectivity index (χ1n) is 6.70. The van der Waals surface area contributed by atoms with E-state index in [4.69, 9.17) is 4.74 Å². The van der Waals surface area contributed by atoms with Crippen molar-refractivity contribution in [2.75, 3.05) is 6.61 Å². The van der Waals surface area contributed by atoms with Crippen molar-refractivity contribution in [3.05, 3.63) is 60.2 Å². The van der Waals surface area contributed by atoms with Gasteiger partial charge in [0.15, 0.2) is 12.3 Å². The Labute approximate surface area is 131 Å². The summed E-state index contributed by atoms with van der Waals surface area (Å²) >= 11 is 0. The molecular formula is C15H14N4O4. The number of hydrogen-bond acceptors (Lipinski definition) is 6. The van der Waals surface area contributed by atoms with Crippen LogP contribution >= 0.6 is 0 Å². The molecule has 0 atom stereocenters. The molecule has 1 aromatic carbocycles. The smallest absolute Gasteiger partial charge is 0.359 e. The van der Waals surface area contributed by atoms with Crippen molar-refractivity contribution in [3.8, 4) is 0 Å². The van der Waals surface area contributed by atoms with Crippen molar-refractivity contribution >= 4 is 17.9 Å². The maximum Gasteiger partial charge on any atom is 0.359 e. The molecule has 0 saturated carbocycles. The highest BCUT2D eigenvalue weighted by Crippen LogP contribution is 1.97. The quantitative estimate of drug-likeness (QED) is 0.784. The van der Waals surface area contributed by atoms with Crippen molar-refractivity contribution in [3.63, 3.8) is 0 Å². The topological polar surface area (TPSA) is 110 Å². The lowest BCUT2D eigenvalue weighted by Gasteiger charge is -2.07. The minimum Gasteiger partial charge on any atom is -0.451 e. The molecule has 2 aromatic rings. The number of aromatic nitrogens is 2. The van der Waals surface area contributed by atoms with Crippen LogP contribution in [0.1, 0.15) is 16.1 Å². The van der Waals surface area contributed by atoms with Crippen LogP contribution in [0, 0.1) is 0 Å². The highest BCUT2D eigenvalue weighted by molar-refractivity contribution is 5.96. The summed E-state index contributed by atoms with van der Waals surface area (Å²) in [6.07, 6.45) is 3.95.